The summed E-state index contributed by atoms with van der Waals surface area (Å²) in [4.78, 5) is 11.1. The van der Waals surface area contributed by atoms with Crippen molar-refractivity contribution in [3.05, 3.63) is 0 Å². The summed E-state index contributed by atoms with van der Waals surface area (Å²) in [5.74, 6) is -0.181. The first-order chi connectivity index (χ1) is 4.90. The van der Waals surface area contributed by atoms with Crippen LogP contribution in [0.1, 0.15) is 27.2 Å². The van der Waals surface area contributed by atoms with Gasteiger partial charge in [0.2, 0.25) is 0 Å². The van der Waals surface area contributed by atoms with E-state index >= 15 is 0 Å². The maximum Gasteiger partial charge on any atom is 0.311 e. The fourth-order valence-electron chi connectivity index (χ4n) is 0.863. The van der Waals surface area contributed by atoms with Crippen LogP contribution >= 0.6 is 0 Å². The van der Waals surface area contributed by atoms with Crippen molar-refractivity contribution in [1.82, 2.24) is 0 Å². The molecule has 2 atom stereocenters. The zero-order chi connectivity index (χ0) is 8.65. The van der Waals surface area contributed by atoms with Crippen LogP contribution in [0.2, 0.25) is 0 Å². The molecule has 0 bridgehead atoms. The van der Waals surface area contributed by atoms with Gasteiger partial charge in [0.1, 0.15) is 5.60 Å². The molecule has 0 heterocycles. The van der Waals surface area contributed by atoms with Gasteiger partial charge in [0.15, 0.2) is 0 Å². The summed E-state index contributed by atoms with van der Waals surface area (Å²) in [6.07, 6.45) is 0.787. The maximum atomic E-state index is 11.1. The van der Waals surface area contributed by atoms with Gasteiger partial charge in [-0.05, 0) is 27.2 Å². The van der Waals surface area contributed by atoms with Gasteiger partial charge in [0, 0.05) is 6.04 Å². The maximum absolute atomic E-state index is 11.1. The first-order valence-corrected chi connectivity index (χ1v) is 3.88. The molecular weight excluding hydrogens is 142 g/mol. The van der Waals surface area contributed by atoms with Gasteiger partial charge in [0.25, 0.3) is 0 Å². The van der Waals surface area contributed by atoms with Crippen LogP contribution in [0.3, 0.4) is 0 Å². The van der Waals surface area contributed by atoms with Gasteiger partial charge in [-0.2, -0.15) is 0 Å². The summed E-state index contributed by atoms with van der Waals surface area (Å²) in [6, 6.07) is 0.0462. The van der Waals surface area contributed by atoms with Crippen molar-refractivity contribution in [2.24, 2.45) is 11.7 Å². The SMILES string of the molecule is CC(C)(C)OC(=O)[C@@H]1C[C@H]1N. The summed E-state index contributed by atoms with van der Waals surface area (Å²) in [5.41, 5.74) is 5.11. The molecule has 0 radical (unpaired) electrons. The minimum atomic E-state index is -0.376. The molecule has 1 fully saturated rings. The summed E-state index contributed by atoms with van der Waals surface area (Å²) < 4.78 is 5.11. The Morgan fingerprint density at radius 2 is 2.00 bits per heavy atom. The minimum Gasteiger partial charge on any atom is -0.460 e. The first-order valence-electron chi connectivity index (χ1n) is 3.88. The average molecular weight is 157 g/mol. The standard InChI is InChI=1S/C8H15NO2/c1-8(2,3)11-7(10)5-4-6(5)9/h5-6H,4,9H2,1-3H3/t5-,6-/m1/s1. The predicted octanol–water partition coefficient (Wildman–Crippen LogP) is 0.675. The molecule has 1 aliphatic carbocycles. The summed E-state index contributed by atoms with van der Waals surface area (Å²) in [7, 11) is 0. The lowest BCUT2D eigenvalue weighted by molar-refractivity contribution is -0.156. The number of carbonyl (C=O) groups is 1. The van der Waals surface area contributed by atoms with Crippen molar-refractivity contribution in [1.29, 1.82) is 0 Å². The molecule has 0 spiro atoms. The Balaban J connectivity index is 2.33. The van der Waals surface area contributed by atoms with Crippen LogP contribution in [0.25, 0.3) is 0 Å². The molecule has 0 aromatic carbocycles. The van der Waals surface area contributed by atoms with Crippen molar-refractivity contribution < 1.29 is 9.53 Å². The molecule has 1 saturated carbocycles. The first kappa shape index (κ1) is 8.53. The number of ether oxygens (including phenoxy) is 1. The molecule has 2 N–H and O–H groups in total. The van der Waals surface area contributed by atoms with E-state index in [9.17, 15) is 4.79 Å². The molecule has 3 heteroatoms. The van der Waals surface area contributed by atoms with Gasteiger partial charge < -0.3 is 10.5 Å². The third-order valence-electron chi connectivity index (χ3n) is 1.55. The molecule has 0 aromatic heterocycles. The topological polar surface area (TPSA) is 52.3 Å². The average Bonchev–Trinajstić information content (AvgIpc) is 2.41. The van der Waals surface area contributed by atoms with Crippen molar-refractivity contribution in [2.75, 3.05) is 0 Å². The molecule has 3 nitrogen and oxygen atoms in total. The van der Waals surface area contributed by atoms with E-state index < -0.39 is 0 Å². The van der Waals surface area contributed by atoms with Crippen LogP contribution in [0.15, 0.2) is 0 Å². The van der Waals surface area contributed by atoms with Crippen LogP contribution in [0, 0.1) is 5.92 Å². The van der Waals surface area contributed by atoms with Gasteiger partial charge >= 0.3 is 5.97 Å². The highest BCUT2D eigenvalue weighted by Gasteiger charge is 2.42. The second kappa shape index (κ2) is 2.48. The Bertz CT molecular complexity index is 171. The van der Waals surface area contributed by atoms with E-state index in [1.54, 1.807) is 0 Å². The Hall–Kier alpha value is -0.570. The van der Waals surface area contributed by atoms with Gasteiger partial charge in [-0.25, -0.2) is 0 Å². The number of esters is 1. The zero-order valence-electron chi connectivity index (χ0n) is 7.26. The van der Waals surface area contributed by atoms with Crippen molar-refractivity contribution in [3.63, 3.8) is 0 Å². The fourth-order valence-corrected chi connectivity index (χ4v) is 0.863. The molecule has 0 saturated heterocycles. The van der Waals surface area contributed by atoms with Crippen LogP contribution in [-0.2, 0) is 9.53 Å². The second-order valence-corrected chi connectivity index (χ2v) is 4.04. The number of nitrogens with two attached hydrogens (primary N) is 1. The Morgan fingerprint density at radius 1 is 1.55 bits per heavy atom. The molecule has 0 aromatic rings. The lowest BCUT2D eigenvalue weighted by Crippen LogP contribution is -2.26. The predicted molar refractivity (Wildman–Crippen MR) is 41.9 cm³/mol. The van der Waals surface area contributed by atoms with E-state index in [0.29, 0.717) is 0 Å². The third-order valence-corrected chi connectivity index (χ3v) is 1.55. The highest BCUT2D eigenvalue weighted by molar-refractivity contribution is 5.76. The minimum absolute atomic E-state index is 0.0331. The molecular formula is C8H15NO2. The smallest absolute Gasteiger partial charge is 0.311 e. The lowest BCUT2D eigenvalue weighted by atomic mass is 10.2. The van der Waals surface area contributed by atoms with Gasteiger partial charge in [0.05, 0.1) is 5.92 Å². The van der Waals surface area contributed by atoms with Crippen LogP contribution in [0.4, 0.5) is 0 Å². The van der Waals surface area contributed by atoms with E-state index in [4.69, 9.17) is 10.5 Å². The monoisotopic (exact) mass is 157 g/mol. The lowest BCUT2D eigenvalue weighted by Gasteiger charge is -2.19. The quantitative estimate of drug-likeness (QED) is 0.569. The largest absolute Gasteiger partial charge is 0.460 e. The number of carbonyl (C=O) groups excluding carboxylic acids is 1. The van der Waals surface area contributed by atoms with Gasteiger partial charge in [-0.1, -0.05) is 0 Å². The van der Waals surface area contributed by atoms with Crippen LogP contribution < -0.4 is 5.73 Å². The van der Waals surface area contributed by atoms with Gasteiger partial charge in [-0.15, -0.1) is 0 Å². The number of hydrogen-bond acceptors (Lipinski definition) is 3. The summed E-state index contributed by atoms with van der Waals surface area (Å²) in [6.45, 7) is 5.58. The normalized spacial score (nSPS) is 29.8. The van der Waals surface area contributed by atoms with E-state index in [0.717, 1.165) is 6.42 Å². The highest BCUT2D eigenvalue weighted by Crippen LogP contribution is 2.30. The van der Waals surface area contributed by atoms with Crippen LogP contribution in [-0.4, -0.2) is 17.6 Å². The van der Waals surface area contributed by atoms with E-state index in [1.165, 1.54) is 0 Å². The van der Waals surface area contributed by atoms with Crippen LogP contribution in [0.5, 0.6) is 0 Å². The third kappa shape index (κ3) is 2.50. The Morgan fingerprint density at radius 3 is 2.27 bits per heavy atom. The Labute approximate surface area is 66.9 Å². The molecule has 0 unspecified atom stereocenters. The van der Waals surface area contributed by atoms with E-state index in [-0.39, 0.29) is 23.5 Å². The summed E-state index contributed by atoms with van der Waals surface area (Å²) >= 11 is 0. The molecule has 1 aliphatic rings. The second-order valence-electron chi connectivity index (χ2n) is 4.04. The molecule has 0 aliphatic heterocycles. The molecule has 0 amide bonds. The molecule has 1 rings (SSSR count). The van der Waals surface area contributed by atoms with E-state index in [1.807, 2.05) is 20.8 Å². The Kier molecular flexibility index (Phi) is 1.92. The number of hydrogen-bond donors (Lipinski definition) is 1. The highest BCUT2D eigenvalue weighted by atomic mass is 16.6. The zero-order valence-corrected chi connectivity index (χ0v) is 7.26. The number of rotatable bonds is 1. The summed E-state index contributed by atoms with van der Waals surface area (Å²) in [5, 5.41) is 0. The van der Waals surface area contributed by atoms with Crippen molar-refractivity contribution >= 4 is 5.97 Å². The van der Waals surface area contributed by atoms with E-state index in [2.05, 4.69) is 0 Å². The van der Waals surface area contributed by atoms with Gasteiger partial charge in [-0.3, -0.25) is 4.79 Å². The van der Waals surface area contributed by atoms with Crippen molar-refractivity contribution in [3.8, 4) is 0 Å². The molecule has 11 heavy (non-hydrogen) atoms. The molecule has 64 valence electrons. The fraction of sp³-hybridized carbons (Fsp3) is 0.875. The van der Waals surface area contributed by atoms with Crippen molar-refractivity contribution in [2.45, 2.75) is 38.8 Å².